The molecule has 1 aliphatic heterocycles. The molecule has 0 amide bonds. The van der Waals surface area contributed by atoms with Gasteiger partial charge in [-0.1, -0.05) is 11.6 Å². The molecule has 132 valence electrons. The van der Waals surface area contributed by atoms with Crippen LogP contribution in [0.25, 0.3) is 16.6 Å². The van der Waals surface area contributed by atoms with Crippen molar-refractivity contribution in [3.05, 3.63) is 58.8 Å². The minimum absolute atomic E-state index is 0.00136. The van der Waals surface area contributed by atoms with Crippen molar-refractivity contribution in [1.29, 1.82) is 5.41 Å². The minimum Gasteiger partial charge on any atom is -0.509 e. The normalized spacial score (nSPS) is 14.6. The number of nitrogens with zero attached hydrogens (tertiary/aromatic N) is 2. The monoisotopic (exact) mass is 372 g/mol. The summed E-state index contributed by atoms with van der Waals surface area (Å²) in [5.41, 5.74) is 2.23. The molecule has 8 heteroatoms. The molecule has 0 saturated heterocycles. The Bertz CT molecular complexity index is 1080. The number of rotatable bonds is 3. The summed E-state index contributed by atoms with van der Waals surface area (Å²) in [6.07, 6.45) is 0. The van der Waals surface area contributed by atoms with Crippen molar-refractivity contribution in [2.45, 2.75) is 0 Å². The molecule has 26 heavy (non-hydrogen) atoms. The molecular weight excluding hydrogens is 359 g/mol. The molecule has 0 bridgehead atoms. The van der Waals surface area contributed by atoms with Crippen LogP contribution in [-0.4, -0.2) is 34.6 Å². The molecule has 0 radical (unpaired) electrons. The van der Waals surface area contributed by atoms with Gasteiger partial charge in [-0.15, -0.1) is 0 Å². The van der Waals surface area contributed by atoms with Gasteiger partial charge in [0, 0.05) is 11.8 Å². The van der Waals surface area contributed by atoms with Crippen molar-refractivity contribution in [2.75, 3.05) is 18.6 Å². The summed E-state index contributed by atoms with van der Waals surface area (Å²) in [6.45, 7) is 0.0799. The van der Waals surface area contributed by atoms with Gasteiger partial charge in [0.1, 0.15) is 29.0 Å². The third-order valence-corrected chi connectivity index (χ3v) is 4.53. The number of hydrogen-bond donors (Lipinski definition) is 3. The van der Waals surface area contributed by atoms with Crippen molar-refractivity contribution in [3.63, 3.8) is 0 Å². The van der Waals surface area contributed by atoms with Crippen LogP contribution in [0.4, 0.5) is 10.1 Å². The Hall–Kier alpha value is -3.06. The second-order valence-electron chi connectivity index (χ2n) is 5.82. The van der Waals surface area contributed by atoms with E-state index in [1.165, 1.54) is 23.1 Å². The molecule has 2 aromatic carbocycles. The zero-order chi connectivity index (χ0) is 18.4. The number of aromatic nitrogens is 2. The number of H-pyrrole nitrogens is 1. The van der Waals surface area contributed by atoms with E-state index in [-0.39, 0.29) is 23.2 Å². The number of anilines is 1. The van der Waals surface area contributed by atoms with Crippen molar-refractivity contribution < 1.29 is 14.2 Å². The molecule has 0 unspecified atom stereocenters. The van der Waals surface area contributed by atoms with Crippen LogP contribution in [0.15, 0.2) is 42.2 Å². The van der Waals surface area contributed by atoms with Crippen molar-refractivity contribution in [3.8, 4) is 5.75 Å². The van der Waals surface area contributed by atoms with Gasteiger partial charge in [-0.25, -0.2) is 9.37 Å². The van der Waals surface area contributed by atoms with E-state index in [0.717, 1.165) is 5.52 Å². The number of imidazole rings is 1. The van der Waals surface area contributed by atoms with E-state index in [2.05, 4.69) is 9.97 Å². The summed E-state index contributed by atoms with van der Waals surface area (Å²) >= 11 is 5.83. The van der Waals surface area contributed by atoms with Crippen LogP contribution >= 0.6 is 11.6 Å². The van der Waals surface area contributed by atoms with E-state index in [9.17, 15) is 9.50 Å². The molecule has 6 nitrogen and oxygen atoms in total. The highest BCUT2D eigenvalue weighted by molar-refractivity contribution is 6.32. The van der Waals surface area contributed by atoms with E-state index < -0.39 is 5.82 Å². The van der Waals surface area contributed by atoms with Gasteiger partial charge in [-0.3, -0.25) is 5.41 Å². The second kappa shape index (κ2) is 6.03. The Balaban J connectivity index is 1.71. The van der Waals surface area contributed by atoms with Gasteiger partial charge in [-0.05, 0) is 30.3 Å². The number of benzene rings is 2. The van der Waals surface area contributed by atoms with Gasteiger partial charge >= 0.3 is 0 Å². The van der Waals surface area contributed by atoms with Gasteiger partial charge in [-0.2, -0.15) is 0 Å². The first kappa shape index (κ1) is 16.4. The van der Waals surface area contributed by atoms with E-state index in [0.29, 0.717) is 28.4 Å². The van der Waals surface area contributed by atoms with Gasteiger partial charge in [0.2, 0.25) is 0 Å². The molecule has 0 atom stereocenters. The first-order valence-corrected chi connectivity index (χ1v) is 8.13. The maximum absolute atomic E-state index is 13.4. The van der Waals surface area contributed by atoms with E-state index in [1.807, 2.05) is 0 Å². The average Bonchev–Trinajstić information content (AvgIpc) is 3.16. The first-order chi connectivity index (χ1) is 12.5. The highest BCUT2D eigenvalue weighted by Gasteiger charge is 2.31. The maximum atomic E-state index is 13.4. The molecule has 0 fully saturated rings. The standard InChI is InChI=1S/C18H14ClFN4O2/c1-26-10-3-5-13-14(7-10)23-18(22-13)16-15(25)8-24(17(16)21)9-2-4-12(20)11(19)6-9/h2-7,21,25H,8H2,1H3,(H,22,23). The molecule has 2 heterocycles. The third kappa shape index (κ3) is 2.57. The molecule has 3 aromatic rings. The predicted molar refractivity (Wildman–Crippen MR) is 98.7 cm³/mol. The number of halogens is 2. The Morgan fingerprint density at radius 2 is 2.12 bits per heavy atom. The molecule has 0 aliphatic carbocycles. The maximum Gasteiger partial charge on any atom is 0.145 e. The van der Waals surface area contributed by atoms with Gasteiger partial charge in [0.25, 0.3) is 0 Å². The minimum atomic E-state index is -0.537. The molecule has 1 aromatic heterocycles. The van der Waals surface area contributed by atoms with Gasteiger partial charge in [0.05, 0.1) is 35.3 Å². The largest absolute Gasteiger partial charge is 0.509 e. The van der Waals surface area contributed by atoms with Crippen LogP contribution in [0.2, 0.25) is 5.02 Å². The lowest BCUT2D eigenvalue weighted by molar-refractivity contribution is 0.411. The number of aliphatic hydroxyl groups excluding tert-OH is 1. The van der Waals surface area contributed by atoms with Crippen LogP contribution in [0, 0.1) is 11.2 Å². The quantitative estimate of drug-likeness (QED) is 0.645. The smallest absolute Gasteiger partial charge is 0.145 e. The van der Waals surface area contributed by atoms with E-state index in [4.69, 9.17) is 21.7 Å². The zero-order valence-corrected chi connectivity index (χ0v) is 14.4. The van der Waals surface area contributed by atoms with E-state index >= 15 is 0 Å². The van der Waals surface area contributed by atoms with Crippen LogP contribution in [-0.2, 0) is 0 Å². The van der Waals surface area contributed by atoms with Crippen molar-refractivity contribution >= 4 is 39.7 Å². The predicted octanol–water partition coefficient (Wildman–Crippen LogP) is 4.13. The number of fused-ring (bicyclic) bond motifs is 1. The summed E-state index contributed by atoms with van der Waals surface area (Å²) in [5.74, 6) is 0.573. The third-order valence-electron chi connectivity index (χ3n) is 4.24. The average molecular weight is 373 g/mol. The fourth-order valence-electron chi connectivity index (χ4n) is 2.94. The van der Waals surface area contributed by atoms with E-state index in [1.54, 1.807) is 25.3 Å². The molecule has 3 N–H and O–H groups in total. The van der Waals surface area contributed by atoms with Crippen LogP contribution in [0.3, 0.4) is 0 Å². The highest BCUT2D eigenvalue weighted by atomic mass is 35.5. The summed E-state index contributed by atoms with van der Waals surface area (Å²) in [7, 11) is 1.57. The summed E-state index contributed by atoms with van der Waals surface area (Å²) in [6, 6.07) is 9.53. The zero-order valence-electron chi connectivity index (χ0n) is 13.7. The molecule has 0 saturated carbocycles. The number of aliphatic hydroxyl groups is 1. The molecule has 0 spiro atoms. The SMILES string of the molecule is COc1ccc2nc(C3=C(O)CN(c4ccc(F)c(Cl)c4)C3=N)[nH]c2c1. The van der Waals surface area contributed by atoms with Crippen LogP contribution < -0.4 is 9.64 Å². The fraction of sp³-hybridized carbons (Fsp3) is 0.111. The Morgan fingerprint density at radius 1 is 1.31 bits per heavy atom. The number of ether oxygens (including phenoxy) is 1. The summed E-state index contributed by atoms with van der Waals surface area (Å²) in [5, 5.41) is 18.8. The first-order valence-electron chi connectivity index (χ1n) is 7.75. The summed E-state index contributed by atoms with van der Waals surface area (Å²) in [4.78, 5) is 9.08. The van der Waals surface area contributed by atoms with Gasteiger partial charge in [0.15, 0.2) is 0 Å². The number of methoxy groups -OCH3 is 1. The topological polar surface area (TPSA) is 85.2 Å². The number of nitrogens with one attached hydrogen (secondary N) is 2. The lowest BCUT2D eigenvalue weighted by atomic mass is 10.2. The lowest BCUT2D eigenvalue weighted by Crippen LogP contribution is -2.26. The number of aromatic amines is 1. The second-order valence-corrected chi connectivity index (χ2v) is 6.23. The molecule has 4 rings (SSSR count). The van der Waals surface area contributed by atoms with Crippen LogP contribution in [0.1, 0.15) is 5.82 Å². The van der Waals surface area contributed by atoms with Crippen molar-refractivity contribution in [2.24, 2.45) is 0 Å². The number of amidine groups is 1. The Labute approximate surface area is 153 Å². The number of hydrogen-bond acceptors (Lipinski definition) is 4. The Kier molecular flexibility index (Phi) is 3.81. The van der Waals surface area contributed by atoms with Gasteiger partial charge < -0.3 is 19.7 Å². The Morgan fingerprint density at radius 3 is 2.85 bits per heavy atom. The lowest BCUT2D eigenvalue weighted by Gasteiger charge is -2.18. The highest BCUT2D eigenvalue weighted by Crippen LogP contribution is 2.32. The molecular formula is C18H14ClFN4O2. The fourth-order valence-corrected chi connectivity index (χ4v) is 3.11. The van der Waals surface area contributed by atoms with Crippen LogP contribution in [0.5, 0.6) is 5.75 Å². The summed E-state index contributed by atoms with van der Waals surface area (Å²) < 4.78 is 18.6. The van der Waals surface area contributed by atoms with Crippen molar-refractivity contribution in [1.82, 2.24) is 9.97 Å². The molecule has 1 aliphatic rings.